The van der Waals surface area contributed by atoms with Crippen molar-refractivity contribution >= 4 is 10.8 Å². The highest BCUT2D eigenvalue weighted by molar-refractivity contribution is 5.85. The molecule has 0 radical (unpaired) electrons. The number of aliphatic hydroxyl groups is 1. The van der Waals surface area contributed by atoms with E-state index in [0.717, 1.165) is 37.0 Å². The molecule has 0 amide bonds. The monoisotopic (exact) mass is 376 g/mol. The van der Waals surface area contributed by atoms with E-state index < -0.39 is 5.60 Å². The number of fused-ring (bicyclic) bond motifs is 1. The highest BCUT2D eigenvalue weighted by atomic mass is 16.5. The second-order valence-electron chi connectivity index (χ2n) is 8.15. The maximum atomic E-state index is 10.3. The Balaban J connectivity index is 1.54. The van der Waals surface area contributed by atoms with Gasteiger partial charge in [-0.15, -0.1) is 0 Å². The van der Waals surface area contributed by atoms with E-state index in [1.54, 1.807) is 7.11 Å². The van der Waals surface area contributed by atoms with Gasteiger partial charge in [-0.1, -0.05) is 54.6 Å². The van der Waals surface area contributed by atoms with Gasteiger partial charge in [0.1, 0.15) is 12.4 Å². The van der Waals surface area contributed by atoms with E-state index in [1.807, 2.05) is 19.1 Å². The Bertz CT molecular complexity index is 945. The summed E-state index contributed by atoms with van der Waals surface area (Å²) in [6.07, 6.45) is 3.09. The van der Waals surface area contributed by atoms with E-state index in [4.69, 9.17) is 9.47 Å². The molecule has 0 spiro atoms. The van der Waals surface area contributed by atoms with E-state index >= 15 is 0 Å². The van der Waals surface area contributed by atoms with Crippen LogP contribution in [0.1, 0.15) is 43.7 Å². The molecule has 1 N–H and O–H groups in total. The lowest BCUT2D eigenvalue weighted by atomic mass is 9.73. The van der Waals surface area contributed by atoms with Gasteiger partial charge in [-0.2, -0.15) is 0 Å². The molecule has 1 aliphatic carbocycles. The van der Waals surface area contributed by atoms with Crippen molar-refractivity contribution in [2.45, 2.75) is 50.4 Å². The molecule has 4 rings (SSSR count). The number of benzene rings is 3. The first-order chi connectivity index (χ1) is 13.5. The van der Waals surface area contributed by atoms with Crippen LogP contribution in [0, 0.1) is 0 Å². The molecule has 0 atom stereocenters. The molecular formula is C25H28O3. The predicted molar refractivity (Wildman–Crippen MR) is 113 cm³/mol. The van der Waals surface area contributed by atoms with Crippen LogP contribution in [0.4, 0.5) is 0 Å². The Morgan fingerprint density at radius 3 is 2.39 bits per heavy atom. The molecule has 1 aliphatic rings. The van der Waals surface area contributed by atoms with Gasteiger partial charge in [-0.25, -0.2) is 0 Å². The Labute approximate surface area is 166 Å². The fourth-order valence-corrected chi connectivity index (χ4v) is 4.25. The third-order valence-electron chi connectivity index (χ3n) is 6.16. The largest absolute Gasteiger partial charge is 0.489 e. The lowest BCUT2D eigenvalue weighted by Crippen LogP contribution is -2.40. The van der Waals surface area contributed by atoms with Crippen LogP contribution < -0.4 is 4.74 Å². The van der Waals surface area contributed by atoms with Crippen molar-refractivity contribution in [3.05, 3.63) is 77.9 Å². The van der Waals surface area contributed by atoms with Crippen LogP contribution in [0.15, 0.2) is 66.7 Å². The predicted octanol–water partition coefficient (Wildman–Crippen LogP) is 5.59. The molecule has 3 aromatic carbocycles. The first kappa shape index (κ1) is 19.0. The Morgan fingerprint density at radius 1 is 0.893 bits per heavy atom. The second kappa shape index (κ2) is 7.57. The third kappa shape index (κ3) is 3.78. The van der Waals surface area contributed by atoms with Crippen molar-refractivity contribution < 1.29 is 14.6 Å². The minimum atomic E-state index is -0.593. The number of ether oxygens (including phenoxy) is 2. The van der Waals surface area contributed by atoms with Crippen LogP contribution in [0.25, 0.3) is 10.8 Å². The molecular weight excluding hydrogens is 348 g/mol. The first-order valence-corrected chi connectivity index (χ1v) is 9.99. The summed E-state index contributed by atoms with van der Waals surface area (Å²) in [5.41, 5.74) is 1.37. The lowest BCUT2D eigenvalue weighted by molar-refractivity contribution is -0.0981. The van der Waals surface area contributed by atoms with Gasteiger partial charge in [0.25, 0.3) is 0 Å². The Kier molecular flexibility index (Phi) is 5.13. The van der Waals surface area contributed by atoms with Gasteiger partial charge >= 0.3 is 0 Å². The fraction of sp³-hybridized carbons (Fsp3) is 0.360. The molecule has 1 fully saturated rings. The second-order valence-corrected chi connectivity index (χ2v) is 8.15. The zero-order valence-electron chi connectivity index (χ0n) is 16.7. The van der Waals surface area contributed by atoms with Crippen LogP contribution in [-0.2, 0) is 16.9 Å². The van der Waals surface area contributed by atoms with Crippen molar-refractivity contribution in [3.8, 4) is 5.75 Å². The van der Waals surface area contributed by atoms with Crippen LogP contribution in [0.5, 0.6) is 5.75 Å². The SMILES string of the molecule is COC1(c2cccc(OCc3cccc4ccccc34)c2)CCC(C)(O)CC1. The van der Waals surface area contributed by atoms with Crippen LogP contribution in [0.2, 0.25) is 0 Å². The summed E-state index contributed by atoms with van der Waals surface area (Å²) < 4.78 is 12.1. The van der Waals surface area contributed by atoms with Crippen LogP contribution >= 0.6 is 0 Å². The number of hydrogen-bond donors (Lipinski definition) is 1. The molecule has 3 heteroatoms. The summed E-state index contributed by atoms with van der Waals surface area (Å²) in [4.78, 5) is 0. The Morgan fingerprint density at radius 2 is 1.61 bits per heavy atom. The molecule has 1 saturated carbocycles. The fourth-order valence-electron chi connectivity index (χ4n) is 4.25. The Hall–Kier alpha value is -2.36. The minimum Gasteiger partial charge on any atom is -0.489 e. The van der Waals surface area contributed by atoms with Crippen molar-refractivity contribution in [2.75, 3.05) is 7.11 Å². The van der Waals surface area contributed by atoms with Crippen molar-refractivity contribution in [1.82, 2.24) is 0 Å². The van der Waals surface area contributed by atoms with Gasteiger partial charge in [0, 0.05) is 7.11 Å². The average molecular weight is 376 g/mol. The average Bonchev–Trinajstić information content (AvgIpc) is 2.73. The van der Waals surface area contributed by atoms with E-state index in [2.05, 4.69) is 54.6 Å². The summed E-state index contributed by atoms with van der Waals surface area (Å²) >= 11 is 0. The summed E-state index contributed by atoms with van der Waals surface area (Å²) in [5, 5.41) is 12.8. The standard InChI is InChI=1S/C25H28O3/c1-24(26)13-15-25(27-2,16-14-24)21-10-6-11-22(17-21)28-18-20-9-5-8-19-7-3-4-12-23(19)20/h3-12,17,26H,13-16,18H2,1-2H3. The van der Waals surface area contributed by atoms with Gasteiger partial charge in [0.15, 0.2) is 0 Å². The maximum Gasteiger partial charge on any atom is 0.120 e. The first-order valence-electron chi connectivity index (χ1n) is 9.99. The molecule has 0 aliphatic heterocycles. The molecule has 0 saturated heterocycles. The maximum absolute atomic E-state index is 10.3. The number of rotatable bonds is 5. The van der Waals surface area contributed by atoms with Gasteiger partial charge in [-0.05, 0) is 66.6 Å². The van der Waals surface area contributed by atoms with E-state index in [9.17, 15) is 5.11 Å². The van der Waals surface area contributed by atoms with Crippen molar-refractivity contribution in [1.29, 1.82) is 0 Å². The summed E-state index contributed by atoms with van der Waals surface area (Å²) in [5.74, 6) is 0.846. The highest BCUT2D eigenvalue weighted by Crippen LogP contribution is 2.44. The molecule has 28 heavy (non-hydrogen) atoms. The molecule has 0 bridgehead atoms. The molecule has 146 valence electrons. The molecule has 0 aromatic heterocycles. The van der Waals surface area contributed by atoms with Crippen LogP contribution in [0.3, 0.4) is 0 Å². The van der Waals surface area contributed by atoms with Gasteiger partial charge < -0.3 is 14.6 Å². The summed E-state index contributed by atoms with van der Waals surface area (Å²) in [7, 11) is 1.77. The summed E-state index contributed by atoms with van der Waals surface area (Å²) in [6, 6.07) is 22.9. The third-order valence-corrected chi connectivity index (χ3v) is 6.16. The molecule has 3 nitrogen and oxygen atoms in total. The van der Waals surface area contributed by atoms with Gasteiger partial charge in [0.05, 0.1) is 11.2 Å². The van der Waals surface area contributed by atoms with Gasteiger partial charge in [0.2, 0.25) is 0 Å². The number of methoxy groups -OCH3 is 1. The van der Waals surface area contributed by atoms with E-state index in [1.165, 1.54) is 16.3 Å². The molecule has 0 unspecified atom stereocenters. The topological polar surface area (TPSA) is 38.7 Å². The smallest absolute Gasteiger partial charge is 0.120 e. The zero-order valence-corrected chi connectivity index (χ0v) is 16.7. The molecule has 0 heterocycles. The summed E-state index contributed by atoms with van der Waals surface area (Å²) in [6.45, 7) is 2.44. The van der Waals surface area contributed by atoms with Crippen LogP contribution in [-0.4, -0.2) is 17.8 Å². The van der Waals surface area contributed by atoms with Crippen molar-refractivity contribution in [2.24, 2.45) is 0 Å². The number of hydrogen-bond acceptors (Lipinski definition) is 3. The van der Waals surface area contributed by atoms with E-state index in [0.29, 0.717) is 6.61 Å². The minimum absolute atomic E-state index is 0.346. The lowest BCUT2D eigenvalue weighted by Gasteiger charge is -2.42. The van der Waals surface area contributed by atoms with Gasteiger partial charge in [-0.3, -0.25) is 0 Å². The highest BCUT2D eigenvalue weighted by Gasteiger charge is 2.41. The van der Waals surface area contributed by atoms with Crippen molar-refractivity contribution in [3.63, 3.8) is 0 Å². The quantitative estimate of drug-likeness (QED) is 0.631. The normalized spacial score (nSPS) is 25.0. The van der Waals surface area contributed by atoms with E-state index in [-0.39, 0.29) is 5.60 Å². The molecule has 3 aromatic rings. The zero-order chi connectivity index (χ0) is 19.6.